The van der Waals surface area contributed by atoms with Gasteiger partial charge in [-0.2, -0.15) is 0 Å². The molecule has 21 heavy (non-hydrogen) atoms. The Hall–Kier alpha value is -3.08. The van der Waals surface area contributed by atoms with Crippen LogP contribution in [0.4, 0.5) is 0 Å². The summed E-state index contributed by atoms with van der Waals surface area (Å²) in [4.78, 5) is 8.85. The Bertz CT molecular complexity index is 976. The number of hydrogen-bond donors (Lipinski definition) is 2. The van der Waals surface area contributed by atoms with Crippen molar-refractivity contribution in [2.24, 2.45) is 0 Å². The number of nitrogens with zero attached hydrogens (tertiary/aromatic N) is 3. The molecule has 0 aliphatic rings. The van der Waals surface area contributed by atoms with Crippen LogP contribution in [0.25, 0.3) is 27.9 Å². The average molecular weight is 277 g/mol. The van der Waals surface area contributed by atoms with E-state index >= 15 is 0 Å². The number of phenolic OH excluding ortho intramolecular Hbond substituents is 2. The van der Waals surface area contributed by atoms with Crippen LogP contribution >= 0.6 is 0 Å². The van der Waals surface area contributed by atoms with Gasteiger partial charge in [0.2, 0.25) is 0 Å². The van der Waals surface area contributed by atoms with Gasteiger partial charge in [0.05, 0.1) is 22.9 Å². The number of aromatic nitrogens is 3. The summed E-state index contributed by atoms with van der Waals surface area (Å²) in [6.45, 7) is 0. The molecule has 2 N–H and O–H groups in total. The number of hydrogen-bond acceptors (Lipinski definition) is 4. The number of benzene rings is 2. The Balaban J connectivity index is 2.00. The molecule has 0 amide bonds. The Morgan fingerprint density at radius 2 is 1.86 bits per heavy atom. The number of phenols is 2. The lowest BCUT2D eigenvalue weighted by atomic mass is 10.1. The zero-order valence-electron chi connectivity index (χ0n) is 10.9. The monoisotopic (exact) mass is 277 g/mol. The summed E-state index contributed by atoms with van der Waals surface area (Å²) in [6, 6.07) is 12.3. The third-order valence-corrected chi connectivity index (χ3v) is 3.45. The lowest BCUT2D eigenvalue weighted by molar-refractivity contribution is 0.452. The fourth-order valence-electron chi connectivity index (χ4n) is 2.45. The van der Waals surface area contributed by atoms with E-state index in [9.17, 15) is 10.2 Å². The van der Waals surface area contributed by atoms with Crippen molar-refractivity contribution < 1.29 is 10.2 Å². The van der Waals surface area contributed by atoms with Gasteiger partial charge in [0.25, 0.3) is 0 Å². The van der Waals surface area contributed by atoms with Gasteiger partial charge in [-0.1, -0.05) is 12.1 Å². The first kappa shape index (κ1) is 11.7. The Morgan fingerprint density at radius 3 is 2.71 bits per heavy atom. The van der Waals surface area contributed by atoms with Crippen LogP contribution in [-0.2, 0) is 0 Å². The van der Waals surface area contributed by atoms with Crippen LogP contribution < -0.4 is 0 Å². The minimum absolute atomic E-state index is 0.00401. The van der Waals surface area contributed by atoms with E-state index in [1.54, 1.807) is 12.3 Å². The SMILES string of the molecule is Oc1ccc(-c2cn3c(cnc4ccccc43)n2)c(O)c1. The molecule has 0 fully saturated rings. The average Bonchev–Trinajstić information content (AvgIpc) is 2.91. The van der Waals surface area contributed by atoms with Crippen molar-refractivity contribution in [1.82, 2.24) is 14.4 Å². The van der Waals surface area contributed by atoms with Gasteiger partial charge >= 0.3 is 0 Å². The van der Waals surface area contributed by atoms with Crippen LogP contribution in [0.15, 0.2) is 54.9 Å². The first-order valence-electron chi connectivity index (χ1n) is 6.47. The maximum Gasteiger partial charge on any atom is 0.156 e. The van der Waals surface area contributed by atoms with Gasteiger partial charge in [-0.05, 0) is 24.3 Å². The summed E-state index contributed by atoms with van der Waals surface area (Å²) in [5.41, 5.74) is 3.73. The highest BCUT2D eigenvalue weighted by Gasteiger charge is 2.11. The fraction of sp³-hybridized carbons (Fsp3) is 0. The summed E-state index contributed by atoms with van der Waals surface area (Å²) in [6.07, 6.45) is 3.55. The van der Waals surface area contributed by atoms with Gasteiger partial charge < -0.3 is 10.2 Å². The molecule has 0 saturated heterocycles. The molecule has 0 unspecified atom stereocenters. The van der Waals surface area contributed by atoms with Crippen molar-refractivity contribution in [1.29, 1.82) is 0 Å². The molecule has 2 heterocycles. The van der Waals surface area contributed by atoms with Crippen molar-refractivity contribution in [2.75, 3.05) is 0 Å². The van der Waals surface area contributed by atoms with Crippen molar-refractivity contribution in [3.8, 4) is 22.8 Å². The smallest absolute Gasteiger partial charge is 0.156 e. The minimum Gasteiger partial charge on any atom is -0.508 e. The van der Waals surface area contributed by atoms with Gasteiger partial charge in [-0.15, -0.1) is 0 Å². The van der Waals surface area contributed by atoms with Crippen LogP contribution in [-0.4, -0.2) is 24.6 Å². The van der Waals surface area contributed by atoms with E-state index in [4.69, 9.17) is 0 Å². The van der Waals surface area contributed by atoms with Crippen molar-refractivity contribution >= 4 is 16.7 Å². The number of imidazole rings is 1. The molecule has 0 aliphatic heterocycles. The molecule has 2 aromatic carbocycles. The van der Waals surface area contributed by atoms with Crippen LogP contribution in [0.2, 0.25) is 0 Å². The van der Waals surface area contributed by atoms with Gasteiger partial charge in [-0.3, -0.25) is 9.38 Å². The second-order valence-electron chi connectivity index (χ2n) is 4.80. The Kier molecular flexibility index (Phi) is 2.35. The Labute approximate surface area is 119 Å². The van der Waals surface area contributed by atoms with Crippen molar-refractivity contribution in [3.63, 3.8) is 0 Å². The van der Waals surface area contributed by atoms with Crippen LogP contribution in [0.5, 0.6) is 11.5 Å². The second kappa shape index (κ2) is 4.21. The highest BCUT2D eigenvalue weighted by atomic mass is 16.3. The van der Waals surface area contributed by atoms with Crippen molar-refractivity contribution in [2.45, 2.75) is 0 Å². The standard InChI is InChI=1S/C16H11N3O2/c20-10-5-6-11(15(21)7-10)13-9-19-14-4-2-1-3-12(14)17-8-16(19)18-13/h1-9,20-21H. The van der Waals surface area contributed by atoms with E-state index in [-0.39, 0.29) is 11.5 Å². The predicted octanol–water partition coefficient (Wildman–Crippen LogP) is 2.96. The third-order valence-electron chi connectivity index (χ3n) is 3.45. The van der Waals surface area contributed by atoms with E-state index in [1.165, 1.54) is 12.1 Å². The summed E-state index contributed by atoms with van der Waals surface area (Å²) in [5.74, 6) is 0.0165. The lowest BCUT2D eigenvalue weighted by Gasteiger charge is -2.01. The third kappa shape index (κ3) is 1.79. The maximum absolute atomic E-state index is 9.96. The normalized spacial score (nSPS) is 11.2. The topological polar surface area (TPSA) is 70.7 Å². The molecule has 0 atom stereocenters. The molecule has 0 bridgehead atoms. The van der Waals surface area contributed by atoms with E-state index in [0.717, 1.165) is 11.0 Å². The Morgan fingerprint density at radius 1 is 1.00 bits per heavy atom. The molecule has 0 saturated carbocycles. The van der Waals surface area contributed by atoms with E-state index in [0.29, 0.717) is 16.9 Å². The highest BCUT2D eigenvalue weighted by Crippen LogP contribution is 2.32. The zero-order valence-corrected chi connectivity index (χ0v) is 10.9. The molecule has 102 valence electrons. The summed E-state index contributed by atoms with van der Waals surface area (Å²) in [5, 5.41) is 19.3. The van der Waals surface area contributed by atoms with E-state index in [2.05, 4.69) is 9.97 Å². The van der Waals surface area contributed by atoms with Crippen molar-refractivity contribution in [3.05, 3.63) is 54.9 Å². The molecule has 5 heteroatoms. The summed E-state index contributed by atoms with van der Waals surface area (Å²) in [7, 11) is 0. The van der Waals surface area contributed by atoms with E-state index in [1.807, 2.05) is 34.9 Å². The summed E-state index contributed by atoms with van der Waals surface area (Å²) < 4.78 is 1.93. The first-order chi connectivity index (χ1) is 10.2. The highest BCUT2D eigenvalue weighted by molar-refractivity contribution is 5.79. The van der Waals surface area contributed by atoms with Gasteiger partial charge in [0.1, 0.15) is 11.5 Å². The quantitative estimate of drug-likeness (QED) is 0.561. The van der Waals surface area contributed by atoms with E-state index < -0.39 is 0 Å². The molecular formula is C16H11N3O2. The lowest BCUT2D eigenvalue weighted by Crippen LogP contribution is -1.88. The number of rotatable bonds is 1. The molecular weight excluding hydrogens is 266 g/mol. The van der Waals surface area contributed by atoms with Gasteiger partial charge in [0, 0.05) is 17.8 Å². The number of para-hydroxylation sites is 2. The maximum atomic E-state index is 9.96. The largest absolute Gasteiger partial charge is 0.508 e. The molecule has 4 rings (SSSR count). The number of aromatic hydroxyl groups is 2. The predicted molar refractivity (Wildman–Crippen MR) is 79.3 cm³/mol. The first-order valence-corrected chi connectivity index (χ1v) is 6.47. The fourth-order valence-corrected chi connectivity index (χ4v) is 2.45. The summed E-state index contributed by atoms with van der Waals surface area (Å²) >= 11 is 0. The molecule has 0 spiro atoms. The zero-order chi connectivity index (χ0) is 14.4. The molecule has 4 aromatic rings. The molecule has 0 radical (unpaired) electrons. The molecule has 5 nitrogen and oxygen atoms in total. The van der Waals surface area contributed by atoms with Gasteiger partial charge in [0.15, 0.2) is 5.65 Å². The van der Waals surface area contributed by atoms with Crippen LogP contribution in [0.3, 0.4) is 0 Å². The minimum atomic E-state index is -0.00401. The molecule has 0 aliphatic carbocycles. The van der Waals surface area contributed by atoms with Gasteiger partial charge in [-0.25, -0.2) is 4.98 Å². The number of fused-ring (bicyclic) bond motifs is 3. The van der Waals surface area contributed by atoms with Crippen LogP contribution in [0, 0.1) is 0 Å². The van der Waals surface area contributed by atoms with Crippen LogP contribution in [0.1, 0.15) is 0 Å². The molecule has 2 aromatic heterocycles. The second-order valence-corrected chi connectivity index (χ2v) is 4.80.